The summed E-state index contributed by atoms with van der Waals surface area (Å²) >= 11 is 0. The van der Waals surface area contributed by atoms with Gasteiger partial charge in [0.2, 0.25) is 5.91 Å². The van der Waals surface area contributed by atoms with Gasteiger partial charge in [-0.15, -0.1) is 0 Å². The predicted octanol–water partition coefficient (Wildman–Crippen LogP) is -0.278. The zero-order chi connectivity index (χ0) is 18.0. The van der Waals surface area contributed by atoms with Crippen molar-refractivity contribution in [1.29, 1.82) is 0 Å². The Hall–Kier alpha value is -2.77. The molecular weight excluding hydrogens is 322 g/mol. The van der Waals surface area contributed by atoms with Crippen LogP contribution in [0.2, 0.25) is 0 Å². The van der Waals surface area contributed by atoms with Gasteiger partial charge in [-0.3, -0.25) is 19.0 Å². The Morgan fingerprint density at radius 3 is 2.88 bits per heavy atom. The van der Waals surface area contributed by atoms with Crippen LogP contribution in [-0.2, 0) is 30.7 Å². The van der Waals surface area contributed by atoms with Gasteiger partial charge in [0.25, 0.3) is 11.1 Å². The van der Waals surface area contributed by atoms with E-state index in [-0.39, 0.29) is 30.1 Å². The van der Waals surface area contributed by atoms with Crippen molar-refractivity contribution in [2.75, 3.05) is 6.54 Å². The topological polar surface area (TPSA) is 98.9 Å². The fraction of sp³-hybridized carbons (Fsp3) is 0.471. The predicted molar refractivity (Wildman–Crippen MR) is 91.5 cm³/mol. The second kappa shape index (κ2) is 7.00. The van der Waals surface area contributed by atoms with Gasteiger partial charge in [0.05, 0.1) is 18.6 Å². The number of nitrogens with one attached hydrogen (secondary N) is 1. The molecule has 0 bridgehead atoms. The number of fused-ring (bicyclic) bond motifs is 1. The van der Waals surface area contributed by atoms with Crippen molar-refractivity contribution >= 4 is 5.91 Å². The van der Waals surface area contributed by atoms with Crippen molar-refractivity contribution in [2.45, 2.75) is 46.2 Å². The minimum Gasteiger partial charge on any atom is -0.353 e. The van der Waals surface area contributed by atoms with Gasteiger partial charge in [0.15, 0.2) is 0 Å². The van der Waals surface area contributed by atoms with Crippen molar-refractivity contribution in [2.24, 2.45) is 0 Å². The molecule has 0 aliphatic heterocycles. The third kappa shape index (κ3) is 3.67. The van der Waals surface area contributed by atoms with Crippen LogP contribution in [0.3, 0.4) is 0 Å². The van der Waals surface area contributed by atoms with Gasteiger partial charge in [-0.05, 0) is 38.7 Å². The van der Waals surface area contributed by atoms with E-state index in [1.807, 2.05) is 0 Å². The van der Waals surface area contributed by atoms with Crippen molar-refractivity contribution in [3.8, 4) is 0 Å². The molecule has 0 saturated heterocycles. The fourth-order valence-electron chi connectivity index (χ4n) is 2.90. The van der Waals surface area contributed by atoms with E-state index in [2.05, 4.69) is 15.4 Å². The maximum absolute atomic E-state index is 12.1. The Bertz CT molecular complexity index is 929. The first-order valence-corrected chi connectivity index (χ1v) is 8.35. The molecule has 0 spiro atoms. The van der Waals surface area contributed by atoms with Crippen LogP contribution in [0.25, 0.3) is 0 Å². The summed E-state index contributed by atoms with van der Waals surface area (Å²) in [6, 6.07) is 1.64. The Morgan fingerprint density at radius 1 is 1.28 bits per heavy atom. The van der Waals surface area contributed by atoms with Gasteiger partial charge in [-0.1, -0.05) is 0 Å². The largest absolute Gasteiger partial charge is 0.353 e. The quantitative estimate of drug-likeness (QED) is 0.805. The zero-order valence-electron chi connectivity index (χ0n) is 14.4. The lowest BCUT2D eigenvalue weighted by molar-refractivity contribution is -0.121. The summed E-state index contributed by atoms with van der Waals surface area (Å²) in [5.41, 5.74) is 2.82. The third-order valence-electron chi connectivity index (χ3n) is 4.50. The van der Waals surface area contributed by atoms with Crippen LogP contribution in [0.4, 0.5) is 0 Å². The molecule has 0 fully saturated rings. The van der Waals surface area contributed by atoms with Crippen LogP contribution in [-0.4, -0.2) is 31.8 Å². The lowest BCUT2D eigenvalue weighted by atomic mass is 10.2. The van der Waals surface area contributed by atoms with Crippen LogP contribution >= 0.6 is 0 Å². The number of aryl methyl sites for hydroxylation is 3. The van der Waals surface area contributed by atoms with Crippen molar-refractivity contribution < 1.29 is 4.79 Å². The molecule has 2 heterocycles. The number of rotatable bonds is 5. The Labute approximate surface area is 144 Å². The molecule has 2 aromatic heterocycles. The van der Waals surface area contributed by atoms with E-state index in [1.165, 1.54) is 15.6 Å². The smallest absolute Gasteiger partial charge is 0.267 e. The minimum atomic E-state index is -0.304. The molecule has 25 heavy (non-hydrogen) atoms. The lowest BCUT2D eigenvalue weighted by Crippen LogP contribution is -2.36. The van der Waals surface area contributed by atoms with E-state index in [9.17, 15) is 14.4 Å². The van der Waals surface area contributed by atoms with Crippen molar-refractivity contribution in [1.82, 2.24) is 24.6 Å². The summed E-state index contributed by atoms with van der Waals surface area (Å²) in [5.74, 6) is -0.304. The fourth-order valence-corrected chi connectivity index (χ4v) is 2.90. The molecule has 8 heteroatoms. The highest BCUT2D eigenvalue weighted by molar-refractivity contribution is 5.75. The number of hydrogen-bond donors (Lipinski definition) is 1. The number of amides is 1. The maximum Gasteiger partial charge on any atom is 0.267 e. The van der Waals surface area contributed by atoms with Crippen LogP contribution < -0.4 is 16.4 Å². The molecule has 0 saturated carbocycles. The summed E-state index contributed by atoms with van der Waals surface area (Å²) in [5, 5.41) is 7.07. The SMILES string of the molecule is Cc1ncn(CC(=O)NCCn2nc3c(cc2=O)CCC3)c(=O)c1C. The van der Waals surface area contributed by atoms with Crippen molar-refractivity contribution in [3.05, 3.63) is 55.6 Å². The van der Waals surface area contributed by atoms with Gasteiger partial charge in [-0.2, -0.15) is 5.10 Å². The first kappa shape index (κ1) is 17.1. The van der Waals surface area contributed by atoms with E-state index in [1.54, 1.807) is 19.9 Å². The Morgan fingerprint density at radius 2 is 2.08 bits per heavy atom. The molecule has 1 N–H and O–H groups in total. The molecule has 0 atom stereocenters. The van der Waals surface area contributed by atoms with Gasteiger partial charge < -0.3 is 5.32 Å². The Balaban J connectivity index is 1.58. The van der Waals surface area contributed by atoms with Gasteiger partial charge in [-0.25, -0.2) is 9.67 Å². The number of carbonyl (C=O) groups excluding carboxylic acids is 1. The first-order chi connectivity index (χ1) is 12.0. The van der Waals surface area contributed by atoms with Gasteiger partial charge in [0.1, 0.15) is 6.54 Å². The van der Waals surface area contributed by atoms with E-state index >= 15 is 0 Å². The summed E-state index contributed by atoms with van der Waals surface area (Å²) < 4.78 is 2.66. The standard InChI is InChI=1S/C17H21N5O3/c1-11-12(2)19-10-21(17(11)25)9-15(23)18-6-7-22-16(24)8-13-4-3-5-14(13)20-22/h8,10H,3-7,9H2,1-2H3,(H,18,23). The minimum absolute atomic E-state index is 0.0977. The molecule has 0 unspecified atom stereocenters. The van der Waals surface area contributed by atoms with Gasteiger partial charge >= 0.3 is 0 Å². The summed E-state index contributed by atoms with van der Waals surface area (Å²) in [6.45, 7) is 3.92. The first-order valence-electron chi connectivity index (χ1n) is 8.35. The number of nitrogens with zero attached hydrogens (tertiary/aromatic N) is 4. The average Bonchev–Trinajstić information content (AvgIpc) is 3.02. The summed E-state index contributed by atoms with van der Waals surface area (Å²) in [6.07, 6.45) is 4.21. The van der Waals surface area contributed by atoms with Crippen LogP contribution in [0.15, 0.2) is 22.0 Å². The average molecular weight is 343 g/mol. The van der Waals surface area contributed by atoms with Crippen molar-refractivity contribution in [3.63, 3.8) is 0 Å². The van der Waals surface area contributed by atoms with Gasteiger partial charge in [0, 0.05) is 23.9 Å². The molecule has 132 valence electrons. The second-order valence-electron chi connectivity index (χ2n) is 6.27. The summed E-state index contributed by atoms with van der Waals surface area (Å²) in [4.78, 5) is 40.2. The highest BCUT2D eigenvalue weighted by Gasteiger charge is 2.14. The normalized spacial score (nSPS) is 12.9. The van der Waals surface area contributed by atoms with Crippen LogP contribution in [0.5, 0.6) is 0 Å². The molecule has 1 aliphatic carbocycles. The molecular formula is C17H21N5O3. The molecule has 0 aromatic carbocycles. The van der Waals surface area contributed by atoms with E-state index in [4.69, 9.17) is 0 Å². The highest BCUT2D eigenvalue weighted by Crippen LogP contribution is 2.16. The molecule has 3 rings (SSSR count). The number of hydrogen-bond acceptors (Lipinski definition) is 5. The van der Waals surface area contributed by atoms with Crippen LogP contribution in [0.1, 0.15) is 28.9 Å². The number of carbonyl (C=O) groups is 1. The summed E-state index contributed by atoms with van der Waals surface area (Å²) in [7, 11) is 0. The third-order valence-corrected chi connectivity index (χ3v) is 4.50. The molecule has 0 radical (unpaired) electrons. The molecule has 1 aliphatic rings. The molecule has 2 aromatic rings. The maximum atomic E-state index is 12.1. The Kier molecular flexibility index (Phi) is 4.78. The zero-order valence-corrected chi connectivity index (χ0v) is 14.4. The van der Waals surface area contributed by atoms with E-state index < -0.39 is 0 Å². The lowest BCUT2D eigenvalue weighted by Gasteiger charge is -2.10. The monoisotopic (exact) mass is 343 g/mol. The number of aromatic nitrogens is 4. The van der Waals surface area contributed by atoms with Crippen LogP contribution in [0, 0.1) is 13.8 Å². The highest BCUT2D eigenvalue weighted by atomic mass is 16.2. The van der Waals surface area contributed by atoms with E-state index in [0.717, 1.165) is 30.5 Å². The van der Waals surface area contributed by atoms with E-state index in [0.29, 0.717) is 17.8 Å². The molecule has 1 amide bonds. The molecule has 8 nitrogen and oxygen atoms in total. The second-order valence-corrected chi connectivity index (χ2v) is 6.27.